The average molecular weight is 266 g/mol. The van der Waals surface area contributed by atoms with Crippen LogP contribution in [-0.2, 0) is 4.74 Å². The van der Waals surface area contributed by atoms with Gasteiger partial charge in [0.2, 0.25) is 5.95 Å². The second-order valence-electron chi connectivity index (χ2n) is 4.75. The fourth-order valence-corrected chi connectivity index (χ4v) is 2.26. The Morgan fingerprint density at radius 3 is 3.21 bits per heavy atom. The van der Waals surface area contributed by atoms with Gasteiger partial charge < -0.3 is 9.64 Å². The number of piperidine rings is 1. The van der Waals surface area contributed by atoms with Crippen LogP contribution in [0.4, 0.5) is 4.39 Å². The Morgan fingerprint density at radius 1 is 1.63 bits per heavy atom. The van der Waals surface area contributed by atoms with Gasteiger partial charge in [0.1, 0.15) is 0 Å². The molecule has 19 heavy (non-hydrogen) atoms. The third-order valence-electron chi connectivity index (χ3n) is 3.20. The lowest BCUT2D eigenvalue weighted by Crippen LogP contribution is -2.43. The minimum absolute atomic E-state index is 0.101. The van der Waals surface area contributed by atoms with Crippen molar-refractivity contribution in [1.82, 2.24) is 9.88 Å². The summed E-state index contributed by atoms with van der Waals surface area (Å²) in [5, 5.41) is 0. The van der Waals surface area contributed by atoms with Crippen LogP contribution in [0.3, 0.4) is 0 Å². The number of halogens is 1. The summed E-state index contributed by atoms with van der Waals surface area (Å²) in [6, 6.07) is 2.72. The molecule has 0 N–H and O–H groups in total. The van der Waals surface area contributed by atoms with E-state index in [-0.39, 0.29) is 12.0 Å². The minimum atomic E-state index is -0.623. The summed E-state index contributed by atoms with van der Waals surface area (Å²) < 4.78 is 18.7. The summed E-state index contributed by atoms with van der Waals surface area (Å²) in [4.78, 5) is 17.4. The van der Waals surface area contributed by atoms with Gasteiger partial charge in [0.05, 0.1) is 6.10 Å². The van der Waals surface area contributed by atoms with Gasteiger partial charge in [-0.15, -0.1) is 0 Å². The molecule has 4 nitrogen and oxygen atoms in total. The van der Waals surface area contributed by atoms with Gasteiger partial charge in [0.25, 0.3) is 5.91 Å². The normalized spacial score (nSPS) is 19.5. The van der Waals surface area contributed by atoms with E-state index in [0.29, 0.717) is 18.7 Å². The lowest BCUT2D eigenvalue weighted by atomic mass is 10.1. The first-order valence-electron chi connectivity index (χ1n) is 6.73. The Labute approximate surface area is 112 Å². The third-order valence-corrected chi connectivity index (χ3v) is 3.20. The molecule has 1 amide bonds. The van der Waals surface area contributed by atoms with Crippen molar-refractivity contribution in [2.75, 3.05) is 19.7 Å². The van der Waals surface area contributed by atoms with Gasteiger partial charge in [-0.1, -0.05) is 6.92 Å². The van der Waals surface area contributed by atoms with Gasteiger partial charge in [-0.05, 0) is 25.3 Å². The molecular formula is C14H19FN2O2. The van der Waals surface area contributed by atoms with Crippen molar-refractivity contribution in [3.8, 4) is 0 Å². The number of pyridine rings is 1. The first-order valence-corrected chi connectivity index (χ1v) is 6.73. The molecule has 5 heteroatoms. The molecule has 104 valence electrons. The molecule has 1 aromatic heterocycles. The zero-order chi connectivity index (χ0) is 13.7. The lowest BCUT2D eigenvalue weighted by Gasteiger charge is -2.32. The summed E-state index contributed by atoms with van der Waals surface area (Å²) in [7, 11) is 0. The molecule has 2 heterocycles. The molecule has 0 aliphatic carbocycles. The molecule has 0 aromatic carbocycles. The Kier molecular flexibility index (Phi) is 4.85. The van der Waals surface area contributed by atoms with Crippen LogP contribution >= 0.6 is 0 Å². The van der Waals surface area contributed by atoms with Gasteiger partial charge in [-0.3, -0.25) is 4.79 Å². The van der Waals surface area contributed by atoms with Gasteiger partial charge in [-0.25, -0.2) is 4.98 Å². The first-order chi connectivity index (χ1) is 9.20. The number of aromatic nitrogens is 1. The molecular weight excluding hydrogens is 247 g/mol. The van der Waals surface area contributed by atoms with Crippen molar-refractivity contribution in [2.45, 2.75) is 32.3 Å². The second kappa shape index (κ2) is 6.61. The molecule has 0 radical (unpaired) electrons. The monoisotopic (exact) mass is 266 g/mol. The molecule has 1 aromatic rings. The standard InChI is InChI=1S/C14H19FN2O2/c1-2-8-19-12-4-3-7-17(10-12)14(18)11-5-6-16-13(15)9-11/h5-6,9,12H,2-4,7-8,10H2,1H3. The highest BCUT2D eigenvalue weighted by Crippen LogP contribution is 2.16. The molecule has 1 fully saturated rings. The van der Waals surface area contributed by atoms with Crippen LogP contribution in [0.1, 0.15) is 36.5 Å². The SMILES string of the molecule is CCCOC1CCCN(C(=O)c2ccnc(F)c2)C1. The molecule has 1 aliphatic rings. The number of nitrogens with zero attached hydrogens (tertiary/aromatic N) is 2. The molecule has 1 unspecified atom stereocenters. The zero-order valence-electron chi connectivity index (χ0n) is 11.1. The highest BCUT2D eigenvalue weighted by molar-refractivity contribution is 5.94. The number of carbonyl (C=O) groups is 1. The quantitative estimate of drug-likeness (QED) is 0.785. The van der Waals surface area contributed by atoms with Crippen LogP contribution in [0, 0.1) is 5.95 Å². The number of hydrogen-bond acceptors (Lipinski definition) is 3. The molecule has 0 saturated carbocycles. The topological polar surface area (TPSA) is 42.4 Å². The van der Waals surface area contributed by atoms with Crippen LogP contribution in [-0.4, -0.2) is 41.6 Å². The maximum absolute atomic E-state index is 13.0. The van der Waals surface area contributed by atoms with Crippen molar-refractivity contribution in [2.24, 2.45) is 0 Å². The fraction of sp³-hybridized carbons (Fsp3) is 0.571. The minimum Gasteiger partial charge on any atom is -0.376 e. The zero-order valence-corrected chi connectivity index (χ0v) is 11.1. The summed E-state index contributed by atoms with van der Waals surface area (Å²) in [6.07, 6.45) is 4.30. The van der Waals surface area contributed by atoms with Crippen LogP contribution in [0.5, 0.6) is 0 Å². The number of likely N-dealkylation sites (tertiary alicyclic amines) is 1. The van der Waals surface area contributed by atoms with Crippen molar-refractivity contribution in [3.05, 3.63) is 29.8 Å². The van der Waals surface area contributed by atoms with E-state index in [2.05, 4.69) is 11.9 Å². The Bertz CT molecular complexity index is 439. The molecule has 0 bridgehead atoms. The van der Waals surface area contributed by atoms with Crippen LogP contribution in [0.25, 0.3) is 0 Å². The second-order valence-corrected chi connectivity index (χ2v) is 4.75. The van der Waals surface area contributed by atoms with Crippen molar-refractivity contribution >= 4 is 5.91 Å². The van der Waals surface area contributed by atoms with Crippen molar-refractivity contribution in [1.29, 1.82) is 0 Å². The van der Waals surface area contributed by atoms with Gasteiger partial charge in [0.15, 0.2) is 0 Å². The van der Waals surface area contributed by atoms with Crippen LogP contribution in [0.15, 0.2) is 18.3 Å². The predicted molar refractivity (Wildman–Crippen MR) is 69.4 cm³/mol. The lowest BCUT2D eigenvalue weighted by molar-refractivity contribution is 0.00209. The Hall–Kier alpha value is -1.49. The predicted octanol–water partition coefficient (Wildman–Crippen LogP) is 2.25. The maximum Gasteiger partial charge on any atom is 0.254 e. The summed E-state index contributed by atoms with van der Waals surface area (Å²) in [6.45, 7) is 4.07. The average Bonchev–Trinajstić information content (AvgIpc) is 2.44. The maximum atomic E-state index is 13.0. The van der Waals surface area contributed by atoms with Crippen LogP contribution in [0.2, 0.25) is 0 Å². The molecule has 2 rings (SSSR count). The van der Waals surface area contributed by atoms with E-state index in [9.17, 15) is 9.18 Å². The summed E-state index contributed by atoms with van der Waals surface area (Å²) in [5.41, 5.74) is 0.351. The van der Waals surface area contributed by atoms with Crippen molar-refractivity contribution in [3.63, 3.8) is 0 Å². The molecule has 1 aliphatic heterocycles. The molecule has 0 spiro atoms. The van der Waals surface area contributed by atoms with E-state index in [1.807, 2.05) is 0 Å². The van der Waals surface area contributed by atoms with Gasteiger partial charge >= 0.3 is 0 Å². The Balaban J connectivity index is 1.99. The number of carbonyl (C=O) groups excluding carboxylic acids is 1. The van der Waals surface area contributed by atoms with E-state index in [1.165, 1.54) is 12.3 Å². The number of amides is 1. The largest absolute Gasteiger partial charge is 0.376 e. The first kappa shape index (κ1) is 13.9. The number of ether oxygens (including phenoxy) is 1. The van der Waals surface area contributed by atoms with Gasteiger partial charge in [-0.2, -0.15) is 4.39 Å². The highest BCUT2D eigenvalue weighted by Gasteiger charge is 2.25. The van der Waals surface area contributed by atoms with Gasteiger partial charge in [0, 0.05) is 37.5 Å². The van der Waals surface area contributed by atoms with E-state index >= 15 is 0 Å². The van der Waals surface area contributed by atoms with Crippen LogP contribution < -0.4 is 0 Å². The Morgan fingerprint density at radius 2 is 2.47 bits per heavy atom. The third kappa shape index (κ3) is 3.73. The summed E-state index contributed by atoms with van der Waals surface area (Å²) in [5.74, 6) is -0.771. The van der Waals surface area contributed by atoms with E-state index < -0.39 is 5.95 Å². The van der Waals surface area contributed by atoms with E-state index in [0.717, 1.165) is 25.9 Å². The number of rotatable bonds is 4. The smallest absolute Gasteiger partial charge is 0.254 e. The fourth-order valence-electron chi connectivity index (χ4n) is 2.26. The van der Waals surface area contributed by atoms with E-state index in [4.69, 9.17) is 4.74 Å². The summed E-state index contributed by atoms with van der Waals surface area (Å²) >= 11 is 0. The molecule has 1 atom stereocenters. The molecule has 1 saturated heterocycles. The highest BCUT2D eigenvalue weighted by atomic mass is 19.1. The van der Waals surface area contributed by atoms with E-state index in [1.54, 1.807) is 11.0 Å². The van der Waals surface area contributed by atoms with Crippen molar-refractivity contribution < 1.29 is 13.9 Å². The number of hydrogen-bond donors (Lipinski definition) is 0.